The largest absolute Gasteiger partial charge is 0.481 e. The number of carboxylic acid groups (broad SMARTS) is 1. The van der Waals surface area contributed by atoms with Crippen molar-refractivity contribution in [2.75, 3.05) is 6.61 Å². The third-order valence-electron chi connectivity index (χ3n) is 3.28. The topological polar surface area (TPSA) is 102 Å². The fourth-order valence-electron chi connectivity index (χ4n) is 1.55. The summed E-state index contributed by atoms with van der Waals surface area (Å²) in [6.45, 7) is 5.56. The minimum absolute atomic E-state index is 0.0733. The number of ether oxygens (including phenoxy) is 2. The molecule has 0 unspecified atom stereocenters. The van der Waals surface area contributed by atoms with Gasteiger partial charge in [-0.05, 0) is 33.3 Å². The average molecular weight is 337 g/mol. The van der Waals surface area contributed by atoms with E-state index in [0.717, 1.165) is 5.56 Å². The van der Waals surface area contributed by atoms with E-state index in [0.29, 0.717) is 0 Å². The zero-order valence-electron chi connectivity index (χ0n) is 14.3. The molecule has 0 spiro atoms. The molecule has 0 aliphatic heterocycles. The number of hydrogen-bond donors (Lipinski definition) is 2. The summed E-state index contributed by atoms with van der Waals surface area (Å²) in [6.07, 6.45) is -0.765. The van der Waals surface area contributed by atoms with E-state index < -0.39 is 29.0 Å². The van der Waals surface area contributed by atoms with Gasteiger partial charge in [-0.1, -0.05) is 30.3 Å². The van der Waals surface area contributed by atoms with Gasteiger partial charge in [-0.3, -0.25) is 4.79 Å². The van der Waals surface area contributed by atoms with Gasteiger partial charge >= 0.3 is 18.0 Å². The van der Waals surface area contributed by atoms with Gasteiger partial charge in [-0.15, -0.1) is 0 Å². The number of benzene rings is 1. The number of carbonyl (C=O) groups excluding carboxylic acids is 2. The molecule has 0 heterocycles. The Balaban J connectivity index is 2.50. The number of aliphatic carboxylic acids is 1. The summed E-state index contributed by atoms with van der Waals surface area (Å²) < 4.78 is 10.1. The maximum atomic E-state index is 12.1. The van der Waals surface area contributed by atoms with Crippen molar-refractivity contribution in [2.45, 2.75) is 39.8 Å². The van der Waals surface area contributed by atoms with Crippen molar-refractivity contribution < 1.29 is 29.0 Å². The summed E-state index contributed by atoms with van der Waals surface area (Å²) in [6, 6.07) is 9.10. The third kappa shape index (κ3) is 5.91. The lowest BCUT2D eigenvalue weighted by Crippen LogP contribution is -2.51. The van der Waals surface area contributed by atoms with Crippen molar-refractivity contribution in [3.8, 4) is 0 Å². The number of hydrogen-bond acceptors (Lipinski definition) is 5. The van der Waals surface area contributed by atoms with Crippen LogP contribution in [-0.4, -0.2) is 35.3 Å². The van der Waals surface area contributed by atoms with Crippen LogP contribution in [0.4, 0.5) is 4.79 Å². The predicted molar refractivity (Wildman–Crippen MR) is 86.2 cm³/mol. The number of nitrogens with one attached hydrogen (secondary N) is 1. The molecule has 1 amide bonds. The minimum atomic E-state index is -1.34. The van der Waals surface area contributed by atoms with Gasteiger partial charge in [0.2, 0.25) is 0 Å². The second kappa shape index (κ2) is 7.81. The van der Waals surface area contributed by atoms with Gasteiger partial charge in [0, 0.05) is 0 Å². The molecule has 0 saturated heterocycles. The van der Waals surface area contributed by atoms with Crippen LogP contribution in [-0.2, 0) is 25.7 Å². The Hall–Kier alpha value is -2.57. The quantitative estimate of drug-likeness (QED) is 0.741. The Labute approximate surface area is 141 Å². The number of carboxylic acids is 1. The van der Waals surface area contributed by atoms with Crippen molar-refractivity contribution >= 4 is 18.0 Å². The summed E-state index contributed by atoms with van der Waals surface area (Å²) in [5.41, 5.74) is -1.74. The molecule has 0 aromatic heterocycles. The Morgan fingerprint density at radius 3 is 2.17 bits per heavy atom. The molecular formula is C17H23NO6. The Morgan fingerprint density at radius 2 is 1.62 bits per heavy atom. The molecule has 2 N–H and O–H groups in total. The van der Waals surface area contributed by atoms with Gasteiger partial charge in [-0.2, -0.15) is 0 Å². The minimum Gasteiger partial charge on any atom is -0.481 e. The van der Waals surface area contributed by atoms with Crippen LogP contribution < -0.4 is 5.32 Å². The highest BCUT2D eigenvalue weighted by atomic mass is 16.6. The molecular weight excluding hydrogens is 314 g/mol. The van der Waals surface area contributed by atoms with Crippen LogP contribution in [0.2, 0.25) is 0 Å². The molecule has 0 aliphatic rings. The van der Waals surface area contributed by atoms with E-state index in [1.54, 1.807) is 12.1 Å². The predicted octanol–water partition coefficient (Wildman–Crippen LogP) is 2.35. The number of rotatable bonds is 7. The van der Waals surface area contributed by atoms with Gasteiger partial charge in [0.05, 0.1) is 5.41 Å². The zero-order valence-corrected chi connectivity index (χ0v) is 14.3. The lowest BCUT2D eigenvalue weighted by molar-refractivity contribution is -0.160. The van der Waals surface area contributed by atoms with Gasteiger partial charge in [0.1, 0.15) is 18.8 Å². The van der Waals surface area contributed by atoms with E-state index >= 15 is 0 Å². The molecule has 7 heteroatoms. The molecule has 0 bridgehead atoms. The van der Waals surface area contributed by atoms with E-state index in [1.165, 1.54) is 27.7 Å². The van der Waals surface area contributed by atoms with Crippen LogP contribution >= 0.6 is 0 Å². The first-order valence-corrected chi connectivity index (χ1v) is 7.44. The number of amides is 1. The molecule has 7 nitrogen and oxygen atoms in total. The lowest BCUT2D eigenvalue weighted by atomic mass is 9.95. The van der Waals surface area contributed by atoms with Crippen molar-refractivity contribution in [3.63, 3.8) is 0 Å². The van der Waals surface area contributed by atoms with Gasteiger partial charge in [-0.25, -0.2) is 9.59 Å². The standard InChI is InChI=1S/C17H23NO6/c1-16(2,13(19)20)11-24-14(21)17(3,4)18-15(22)23-10-12-8-6-5-7-9-12/h5-9H,10-11H2,1-4H3,(H,18,22)(H,19,20). The molecule has 1 aromatic rings. The van der Waals surface area contributed by atoms with Crippen molar-refractivity contribution in [1.82, 2.24) is 5.32 Å². The normalized spacial score (nSPS) is 11.5. The lowest BCUT2D eigenvalue weighted by Gasteiger charge is -2.26. The number of esters is 1. The van der Waals surface area contributed by atoms with Crippen LogP contribution in [0.5, 0.6) is 0 Å². The zero-order chi connectivity index (χ0) is 18.4. The van der Waals surface area contributed by atoms with Gasteiger partial charge < -0.3 is 19.9 Å². The highest BCUT2D eigenvalue weighted by molar-refractivity contribution is 5.85. The average Bonchev–Trinajstić information content (AvgIpc) is 2.51. The molecule has 0 fully saturated rings. The summed E-state index contributed by atoms with van der Waals surface area (Å²) in [5, 5.41) is 11.4. The Kier molecular flexibility index (Phi) is 6.34. The van der Waals surface area contributed by atoms with Crippen LogP contribution in [0.15, 0.2) is 30.3 Å². The molecule has 0 aliphatic carbocycles. The second-order valence-corrected chi connectivity index (χ2v) is 6.58. The van der Waals surface area contributed by atoms with Crippen LogP contribution in [0.3, 0.4) is 0 Å². The molecule has 0 radical (unpaired) electrons. The first-order valence-electron chi connectivity index (χ1n) is 7.44. The molecule has 132 valence electrons. The second-order valence-electron chi connectivity index (χ2n) is 6.58. The van der Waals surface area contributed by atoms with E-state index in [-0.39, 0.29) is 13.2 Å². The van der Waals surface area contributed by atoms with Crippen molar-refractivity contribution in [3.05, 3.63) is 35.9 Å². The molecule has 0 saturated carbocycles. The van der Waals surface area contributed by atoms with E-state index in [9.17, 15) is 14.4 Å². The Morgan fingerprint density at radius 1 is 1.04 bits per heavy atom. The van der Waals surface area contributed by atoms with Crippen molar-refractivity contribution in [1.29, 1.82) is 0 Å². The third-order valence-corrected chi connectivity index (χ3v) is 3.28. The molecule has 0 atom stereocenters. The van der Waals surface area contributed by atoms with Crippen LogP contribution in [0.1, 0.15) is 33.3 Å². The fourth-order valence-corrected chi connectivity index (χ4v) is 1.55. The fraction of sp³-hybridized carbons (Fsp3) is 0.471. The molecule has 1 rings (SSSR count). The maximum Gasteiger partial charge on any atom is 0.408 e. The van der Waals surface area contributed by atoms with E-state index in [4.69, 9.17) is 14.6 Å². The summed E-state index contributed by atoms with van der Waals surface area (Å²) in [4.78, 5) is 34.9. The number of carbonyl (C=O) groups is 3. The molecule has 1 aromatic carbocycles. The maximum absolute atomic E-state index is 12.1. The summed E-state index contributed by atoms with van der Waals surface area (Å²) >= 11 is 0. The smallest absolute Gasteiger partial charge is 0.408 e. The highest BCUT2D eigenvalue weighted by Gasteiger charge is 2.35. The Bertz CT molecular complexity index is 594. The SMILES string of the molecule is CC(C)(COC(=O)C(C)(C)NC(=O)OCc1ccccc1)C(=O)O. The molecule has 24 heavy (non-hydrogen) atoms. The van der Waals surface area contributed by atoms with Crippen molar-refractivity contribution in [2.24, 2.45) is 5.41 Å². The summed E-state index contributed by atoms with van der Waals surface area (Å²) in [7, 11) is 0. The monoisotopic (exact) mass is 337 g/mol. The first-order chi connectivity index (χ1) is 11.0. The van der Waals surface area contributed by atoms with Crippen LogP contribution in [0, 0.1) is 5.41 Å². The van der Waals surface area contributed by atoms with Crippen LogP contribution in [0.25, 0.3) is 0 Å². The van der Waals surface area contributed by atoms with E-state index in [1.807, 2.05) is 18.2 Å². The van der Waals surface area contributed by atoms with Gasteiger partial charge in [0.25, 0.3) is 0 Å². The highest BCUT2D eigenvalue weighted by Crippen LogP contribution is 2.17. The number of alkyl carbamates (subject to hydrolysis) is 1. The first kappa shape index (κ1) is 19.5. The summed E-state index contributed by atoms with van der Waals surface area (Å²) in [5.74, 6) is -1.82. The van der Waals surface area contributed by atoms with Gasteiger partial charge in [0.15, 0.2) is 0 Å². The van der Waals surface area contributed by atoms with E-state index in [2.05, 4.69) is 5.32 Å².